The van der Waals surface area contributed by atoms with Crippen molar-refractivity contribution in [2.45, 2.75) is 13.8 Å². The van der Waals surface area contributed by atoms with Crippen LogP contribution < -0.4 is 11.2 Å². The van der Waals surface area contributed by atoms with Crippen molar-refractivity contribution in [2.75, 3.05) is 11.2 Å². The van der Waals surface area contributed by atoms with E-state index in [1.165, 1.54) is 0 Å². The summed E-state index contributed by atoms with van der Waals surface area (Å²) in [5, 5.41) is 0. The Morgan fingerprint density at radius 2 is 1.87 bits per heavy atom. The van der Waals surface area contributed by atoms with Gasteiger partial charge < -0.3 is 5.73 Å². The van der Waals surface area contributed by atoms with Crippen molar-refractivity contribution in [3.05, 3.63) is 35.8 Å². The molecule has 0 saturated heterocycles. The van der Waals surface area contributed by atoms with Crippen molar-refractivity contribution in [3.8, 4) is 0 Å². The Hall–Kier alpha value is -2.04. The van der Waals surface area contributed by atoms with Gasteiger partial charge in [0.2, 0.25) is 5.95 Å². The summed E-state index contributed by atoms with van der Waals surface area (Å²) < 4.78 is 1.95. The van der Waals surface area contributed by atoms with E-state index >= 15 is 0 Å². The lowest BCUT2D eigenvalue weighted by Crippen LogP contribution is -2.13. The number of hydrogen-bond donors (Lipinski definition) is 2. The van der Waals surface area contributed by atoms with E-state index in [-0.39, 0.29) is 5.95 Å². The number of aromatic nitrogens is 3. The van der Waals surface area contributed by atoms with Crippen molar-refractivity contribution in [1.82, 2.24) is 14.6 Å². The second kappa shape index (κ2) is 3.61. The highest BCUT2D eigenvalue weighted by atomic mass is 15.4. The number of rotatable bonds is 2. The first kappa shape index (κ1) is 9.51. The molecule has 0 aromatic carbocycles. The van der Waals surface area contributed by atoms with Crippen LogP contribution in [0.2, 0.25) is 0 Å². The summed E-state index contributed by atoms with van der Waals surface area (Å²) in [7, 11) is 0. The summed E-state index contributed by atoms with van der Waals surface area (Å²) in [5.41, 5.74) is 10.9. The minimum absolute atomic E-state index is 0.266. The number of nitrogens with one attached hydrogen (secondary N) is 1. The predicted molar refractivity (Wildman–Crippen MR) is 59.4 cm³/mol. The quantitative estimate of drug-likeness (QED) is 0.773. The van der Waals surface area contributed by atoms with Crippen molar-refractivity contribution < 1.29 is 0 Å². The zero-order valence-electron chi connectivity index (χ0n) is 8.73. The van der Waals surface area contributed by atoms with Gasteiger partial charge in [0, 0.05) is 23.7 Å². The summed E-state index contributed by atoms with van der Waals surface area (Å²) in [5.74, 6) is 0.951. The average Bonchev–Trinajstić information content (AvgIpc) is 2.50. The topological polar surface area (TPSA) is 68.8 Å². The van der Waals surface area contributed by atoms with E-state index in [2.05, 4.69) is 15.4 Å². The first-order valence-corrected chi connectivity index (χ1v) is 4.67. The second-order valence-corrected chi connectivity index (χ2v) is 3.36. The number of nitrogen functional groups attached to an aromatic ring is 1. The van der Waals surface area contributed by atoms with Crippen LogP contribution in [-0.2, 0) is 0 Å². The number of anilines is 2. The van der Waals surface area contributed by atoms with Crippen LogP contribution in [0.4, 0.5) is 11.8 Å². The maximum atomic E-state index is 5.49. The van der Waals surface area contributed by atoms with Crippen LogP contribution in [0.5, 0.6) is 0 Å². The van der Waals surface area contributed by atoms with Crippen molar-refractivity contribution >= 4 is 11.8 Å². The summed E-state index contributed by atoms with van der Waals surface area (Å²) in [4.78, 5) is 7.90. The molecule has 0 aliphatic carbocycles. The van der Waals surface area contributed by atoms with Gasteiger partial charge in [-0.25, -0.2) is 4.98 Å². The van der Waals surface area contributed by atoms with E-state index in [1.54, 1.807) is 12.3 Å². The first-order chi connectivity index (χ1) is 7.16. The lowest BCUT2D eigenvalue weighted by atomic mass is 10.5. The Balaban J connectivity index is 2.29. The highest BCUT2D eigenvalue weighted by Gasteiger charge is 2.01. The molecule has 3 N–H and O–H groups in total. The fraction of sp³-hybridized carbons (Fsp3) is 0.200. The molecule has 0 fully saturated rings. The number of hydrogen-bond acceptors (Lipinski definition) is 4. The van der Waals surface area contributed by atoms with Gasteiger partial charge in [-0.3, -0.25) is 10.1 Å². The molecule has 2 aromatic heterocycles. The molecular weight excluding hydrogens is 190 g/mol. The fourth-order valence-corrected chi connectivity index (χ4v) is 1.40. The third-order valence-electron chi connectivity index (χ3n) is 2.17. The number of aryl methyl sites for hydroxylation is 2. The normalized spacial score (nSPS) is 10.3. The molecule has 0 atom stereocenters. The van der Waals surface area contributed by atoms with Crippen LogP contribution in [0.25, 0.3) is 0 Å². The molecule has 0 unspecified atom stereocenters. The zero-order valence-corrected chi connectivity index (χ0v) is 8.73. The third kappa shape index (κ3) is 1.90. The third-order valence-corrected chi connectivity index (χ3v) is 2.17. The minimum atomic E-state index is 0.266. The molecule has 0 spiro atoms. The van der Waals surface area contributed by atoms with E-state index < -0.39 is 0 Å². The van der Waals surface area contributed by atoms with E-state index in [1.807, 2.05) is 30.7 Å². The van der Waals surface area contributed by atoms with Gasteiger partial charge in [0.15, 0.2) is 0 Å². The highest BCUT2D eigenvalue weighted by Crippen LogP contribution is 2.09. The molecule has 0 aliphatic rings. The summed E-state index contributed by atoms with van der Waals surface area (Å²) in [6, 6.07) is 5.84. The molecule has 15 heavy (non-hydrogen) atoms. The van der Waals surface area contributed by atoms with Crippen molar-refractivity contribution in [3.63, 3.8) is 0 Å². The Morgan fingerprint density at radius 1 is 1.20 bits per heavy atom. The molecule has 0 amide bonds. The second-order valence-electron chi connectivity index (χ2n) is 3.36. The average molecular weight is 203 g/mol. The molecule has 0 saturated carbocycles. The van der Waals surface area contributed by atoms with Gasteiger partial charge in [0.25, 0.3) is 0 Å². The number of nitrogens with zero attached hydrogens (tertiary/aromatic N) is 3. The first-order valence-electron chi connectivity index (χ1n) is 4.67. The van der Waals surface area contributed by atoms with E-state index in [0.717, 1.165) is 11.4 Å². The monoisotopic (exact) mass is 203 g/mol. The lowest BCUT2D eigenvalue weighted by Gasteiger charge is -2.11. The molecular formula is C10H13N5. The molecule has 5 heteroatoms. The molecule has 0 bridgehead atoms. The molecule has 2 aromatic rings. The van der Waals surface area contributed by atoms with Crippen LogP contribution in [0.3, 0.4) is 0 Å². The van der Waals surface area contributed by atoms with E-state index in [0.29, 0.717) is 5.82 Å². The Labute approximate surface area is 87.9 Å². The van der Waals surface area contributed by atoms with Crippen LogP contribution in [0, 0.1) is 13.8 Å². The van der Waals surface area contributed by atoms with Crippen molar-refractivity contribution in [2.24, 2.45) is 0 Å². The lowest BCUT2D eigenvalue weighted by molar-refractivity contribution is 0.869. The van der Waals surface area contributed by atoms with Crippen molar-refractivity contribution in [1.29, 1.82) is 0 Å². The van der Waals surface area contributed by atoms with Gasteiger partial charge in [0.05, 0.1) is 0 Å². The van der Waals surface area contributed by atoms with E-state index in [4.69, 9.17) is 5.73 Å². The smallest absolute Gasteiger partial charge is 0.221 e. The Bertz CT molecular complexity index is 455. The summed E-state index contributed by atoms with van der Waals surface area (Å²) in [6.07, 6.45) is 1.62. The van der Waals surface area contributed by atoms with Crippen LogP contribution in [0.15, 0.2) is 24.4 Å². The SMILES string of the molecule is Cc1ccc(C)n1Nc1ccnc(N)n1. The summed E-state index contributed by atoms with van der Waals surface area (Å²) >= 11 is 0. The van der Waals surface area contributed by atoms with Crippen LogP contribution >= 0.6 is 0 Å². The highest BCUT2D eigenvalue weighted by molar-refractivity contribution is 5.38. The van der Waals surface area contributed by atoms with Gasteiger partial charge in [-0.15, -0.1) is 0 Å². The Kier molecular flexibility index (Phi) is 2.29. The fourth-order valence-electron chi connectivity index (χ4n) is 1.40. The van der Waals surface area contributed by atoms with Gasteiger partial charge in [-0.05, 0) is 26.0 Å². The molecule has 2 rings (SSSR count). The maximum absolute atomic E-state index is 5.49. The standard InChI is InChI=1S/C10H13N5/c1-7-3-4-8(2)15(7)14-9-5-6-12-10(11)13-9/h3-6H,1-2H3,(H3,11,12,13,14). The van der Waals surface area contributed by atoms with Gasteiger partial charge in [-0.1, -0.05) is 0 Å². The van der Waals surface area contributed by atoms with Crippen LogP contribution in [-0.4, -0.2) is 14.6 Å². The number of nitrogens with two attached hydrogens (primary N) is 1. The predicted octanol–water partition coefficient (Wildman–Crippen LogP) is 1.35. The van der Waals surface area contributed by atoms with Crippen LogP contribution in [0.1, 0.15) is 11.4 Å². The minimum Gasteiger partial charge on any atom is -0.368 e. The molecule has 0 aliphatic heterocycles. The maximum Gasteiger partial charge on any atom is 0.221 e. The molecule has 2 heterocycles. The molecule has 78 valence electrons. The van der Waals surface area contributed by atoms with E-state index in [9.17, 15) is 0 Å². The Morgan fingerprint density at radius 3 is 2.47 bits per heavy atom. The zero-order chi connectivity index (χ0) is 10.8. The van der Waals surface area contributed by atoms with Gasteiger partial charge in [0.1, 0.15) is 5.82 Å². The van der Waals surface area contributed by atoms with Gasteiger partial charge >= 0.3 is 0 Å². The van der Waals surface area contributed by atoms with Gasteiger partial charge in [-0.2, -0.15) is 4.98 Å². The largest absolute Gasteiger partial charge is 0.368 e. The summed E-state index contributed by atoms with van der Waals surface area (Å²) in [6.45, 7) is 4.04. The molecule has 0 radical (unpaired) electrons. The molecule has 5 nitrogen and oxygen atoms in total.